The molecule has 0 spiro atoms. The lowest BCUT2D eigenvalue weighted by molar-refractivity contribution is 0.503. The van der Waals surface area contributed by atoms with Crippen LogP contribution in [0.25, 0.3) is 0 Å². The molecule has 1 aromatic heterocycles. The highest BCUT2D eigenvalue weighted by Gasteiger charge is 2.17. The summed E-state index contributed by atoms with van der Waals surface area (Å²) in [4.78, 5) is 6.92. The Morgan fingerprint density at radius 1 is 1.53 bits per heavy atom. The third-order valence-electron chi connectivity index (χ3n) is 2.94. The third kappa shape index (κ3) is 2.48. The van der Waals surface area contributed by atoms with Crippen molar-refractivity contribution >= 4 is 5.82 Å². The van der Waals surface area contributed by atoms with Gasteiger partial charge in [0.05, 0.1) is 0 Å². The number of pyridine rings is 1. The van der Waals surface area contributed by atoms with E-state index in [1.165, 1.54) is 6.42 Å². The molecule has 2 rings (SSSR count). The maximum absolute atomic E-state index is 5.96. The summed E-state index contributed by atoms with van der Waals surface area (Å²) >= 11 is 0. The number of rotatable bonds is 2. The molecule has 3 nitrogen and oxygen atoms in total. The van der Waals surface area contributed by atoms with Crippen LogP contribution < -0.4 is 10.6 Å². The predicted octanol–water partition coefficient (Wildman–Crippen LogP) is 1.57. The highest BCUT2D eigenvalue weighted by Crippen LogP contribution is 2.17. The summed E-state index contributed by atoms with van der Waals surface area (Å²) in [6, 6.07) is 6.55. The largest absolute Gasteiger partial charge is 0.355 e. The third-order valence-corrected chi connectivity index (χ3v) is 2.94. The number of aromatic nitrogens is 1. The zero-order chi connectivity index (χ0) is 10.7. The van der Waals surface area contributed by atoms with E-state index in [9.17, 15) is 0 Å². The molecule has 0 aromatic carbocycles. The van der Waals surface area contributed by atoms with E-state index < -0.39 is 0 Å². The van der Waals surface area contributed by atoms with Crippen LogP contribution in [0.1, 0.15) is 25.5 Å². The van der Waals surface area contributed by atoms with Crippen molar-refractivity contribution in [2.75, 3.05) is 18.0 Å². The van der Waals surface area contributed by atoms with Crippen molar-refractivity contribution in [1.82, 2.24) is 4.98 Å². The van der Waals surface area contributed by atoms with E-state index in [-0.39, 0.29) is 0 Å². The molecule has 3 heteroatoms. The molecule has 82 valence electrons. The van der Waals surface area contributed by atoms with Crippen LogP contribution in [-0.4, -0.2) is 24.1 Å². The Kier molecular flexibility index (Phi) is 3.21. The van der Waals surface area contributed by atoms with E-state index >= 15 is 0 Å². The van der Waals surface area contributed by atoms with E-state index in [2.05, 4.69) is 35.0 Å². The Balaban J connectivity index is 2.13. The number of nitrogens with two attached hydrogens (primary N) is 1. The van der Waals surface area contributed by atoms with Gasteiger partial charge < -0.3 is 10.6 Å². The van der Waals surface area contributed by atoms with E-state index in [1.807, 2.05) is 0 Å². The summed E-state index contributed by atoms with van der Waals surface area (Å²) in [6.07, 6.45) is 3.32. The van der Waals surface area contributed by atoms with Gasteiger partial charge in [0, 0.05) is 24.8 Å². The SMILES string of the molecule is CCc1cccc(N2CCCC(N)C2)n1. The fraction of sp³-hybridized carbons (Fsp3) is 0.583. The lowest BCUT2D eigenvalue weighted by Crippen LogP contribution is -2.43. The maximum atomic E-state index is 5.96. The molecular weight excluding hydrogens is 186 g/mol. The molecule has 2 heterocycles. The van der Waals surface area contributed by atoms with E-state index in [0.717, 1.165) is 37.4 Å². The molecule has 0 bridgehead atoms. The number of nitrogens with zero attached hydrogens (tertiary/aromatic N) is 2. The zero-order valence-corrected chi connectivity index (χ0v) is 9.32. The topological polar surface area (TPSA) is 42.1 Å². The van der Waals surface area contributed by atoms with Crippen LogP contribution in [0.2, 0.25) is 0 Å². The average molecular weight is 205 g/mol. The first-order valence-electron chi connectivity index (χ1n) is 5.76. The van der Waals surface area contributed by atoms with Gasteiger partial charge in [-0.2, -0.15) is 0 Å². The molecule has 15 heavy (non-hydrogen) atoms. The first-order valence-corrected chi connectivity index (χ1v) is 5.76. The number of hydrogen-bond donors (Lipinski definition) is 1. The van der Waals surface area contributed by atoms with Crippen LogP contribution in [-0.2, 0) is 6.42 Å². The fourth-order valence-corrected chi connectivity index (χ4v) is 2.06. The molecule has 1 saturated heterocycles. The van der Waals surface area contributed by atoms with Crippen molar-refractivity contribution in [3.05, 3.63) is 23.9 Å². The molecule has 0 aliphatic carbocycles. The zero-order valence-electron chi connectivity index (χ0n) is 9.32. The predicted molar refractivity (Wildman–Crippen MR) is 63.0 cm³/mol. The quantitative estimate of drug-likeness (QED) is 0.797. The smallest absolute Gasteiger partial charge is 0.128 e. The molecule has 1 aliphatic rings. The Hall–Kier alpha value is -1.09. The monoisotopic (exact) mass is 205 g/mol. The van der Waals surface area contributed by atoms with Gasteiger partial charge in [-0.15, -0.1) is 0 Å². The van der Waals surface area contributed by atoms with Crippen LogP contribution >= 0.6 is 0 Å². The molecule has 1 atom stereocenters. The van der Waals surface area contributed by atoms with Gasteiger partial charge in [0.1, 0.15) is 5.82 Å². The van der Waals surface area contributed by atoms with Crippen molar-refractivity contribution in [3.8, 4) is 0 Å². The molecule has 0 amide bonds. The van der Waals surface area contributed by atoms with Gasteiger partial charge >= 0.3 is 0 Å². The average Bonchev–Trinajstić information content (AvgIpc) is 2.29. The van der Waals surface area contributed by atoms with Crippen molar-refractivity contribution in [1.29, 1.82) is 0 Å². The molecule has 1 aliphatic heterocycles. The maximum Gasteiger partial charge on any atom is 0.128 e. The highest BCUT2D eigenvalue weighted by molar-refractivity contribution is 5.40. The summed E-state index contributed by atoms with van der Waals surface area (Å²) in [6.45, 7) is 4.17. The minimum atomic E-state index is 0.311. The number of anilines is 1. The Morgan fingerprint density at radius 2 is 2.40 bits per heavy atom. The number of hydrogen-bond acceptors (Lipinski definition) is 3. The van der Waals surface area contributed by atoms with Gasteiger partial charge in [-0.05, 0) is 31.4 Å². The Labute approximate surface area is 91.3 Å². The van der Waals surface area contributed by atoms with Crippen LogP contribution in [0, 0.1) is 0 Å². The molecule has 1 aromatic rings. The molecule has 0 saturated carbocycles. The molecule has 1 fully saturated rings. The van der Waals surface area contributed by atoms with Gasteiger partial charge in [-0.3, -0.25) is 0 Å². The van der Waals surface area contributed by atoms with Crippen molar-refractivity contribution in [2.24, 2.45) is 5.73 Å². The number of piperidine rings is 1. The molecular formula is C12H19N3. The minimum absolute atomic E-state index is 0.311. The van der Waals surface area contributed by atoms with Crippen molar-refractivity contribution in [3.63, 3.8) is 0 Å². The van der Waals surface area contributed by atoms with Gasteiger partial charge in [0.15, 0.2) is 0 Å². The molecule has 1 unspecified atom stereocenters. The lowest BCUT2D eigenvalue weighted by Gasteiger charge is -2.31. The first kappa shape index (κ1) is 10.4. The Bertz CT molecular complexity index is 324. The van der Waals surface area contributed by atoms with Crippen molar-refractivity contribution < 1.29 is 0 Å². The number of aryl methyl sites for hydroxylation is 1. The van der Waals surface area contributed by atoms with Gasteiger partial charge in [-0.1, -0.05) is 13.0 Å². The molecule has 0 radical (unpaired) electrons. The highest BCUT2D eigenvalue weighted by atomic mass is 15.2. The Morgan fingerprint density at radius 3 is 3.13 bits per heavy atom. The minimum Gasteiger partial charge on any atom is -0.355 e. The summed E-state index contributed by atoms with van der Waals surface area (Å²) in [5.74, 6) is 1.09. The van der Waals surface area contributed by atoms with Gasteiger partial charge in [-0.25, -0.2) is 4.98 Å². The lowest BCUT2D eigenvalue weighted by atomic mass is 10.1. The van der Waals surface area contributed by atoms with E-state index in [4.69, 9.17) is 5.73 Å². The second-order valence-electron chi connectivity index (χ2n) is 4.19. The molecule has 2 N–H and O–H groups in total. The second kappa shape index (κ2) is 4.62. The fourth-order valence-electron chi connectivity index (χ4n) is 2.06. The van der Waals surface area contributed by atoms with Crippen LogP contribution in [0.3, 0.4) is 0 Å². The van der Waals surface area contributed by atoms with Crippen LogP contribution in [0.4, 0.5) is 5.82 Å². The van der Waals surface area contributed by atoms with Gasteiger partial charge in [0.2, 0.25) is 0 Å². The van der Waals surface area contributed by atoms with Crippen molar-refractivity contribution in [2.45, 2.75) is 32.2 Å². The van der Waals surface area contributed by atoms with Crippen LogP contribution in [0.5, 0.6) is 0 Å². The standard InChI is InChI=1S/C12H19N3/c1-2-11-6-3-7-12(14-11)15-8-4-5-10(13)9-15/h3,6-7,10H,2,4-5,8-9,13H2,1H3. The normalized spacial score (nSPS) is 21.7. The first-order chi connectivity index (χ1) is 7.29. The van der Waals surface area contributed by atoms with E-state index in [1.54, 1.807) is 0 Å². The van der Waals surface area contributed by atoms with Crippen LogP contribution in [0.15, 0.2) is 18.2 Å². The summed E-state index contributed by atoms with van der Waals surface area (Å²) in [7, 11) is 0. The summed E-state index contributed by atoms with van der Waals surface area (Å²) in [5.41, 5.74) is 7.12. The van der Waals surface area contributed by atoms with E-state index in [0.29, 0.717) is 6.04 Å². The summed E-state index contributed by atoms with van der Waals surface area (Å²) < 4.78 is 0. The second-order valence-corrected chi connectivity index (χ2v) is 4.19. The summed E-state index contributed by atoms with van der Waals surface area (Å²) in [5, 5.41) is 0. The van der Waals surface area contributed by atoms with Gasteiger partial charge in [0.25, 0.3) is 0 Å².